The van der Waals surface area contributed by atoms with Gasteiger partial charge in [-0.3, -0.25) is 9.59 Å². The highest BCUT2D eigenvalue weighted by Gasteiger charge is 2.17. The first-order chi connectivity index (χ1) is 8.58. The summed E-state index contributed by atoms with van der Waals surface area (Å²) in [5.41, 5.74) is 5.99. The summed E-state index contributed by atoms with van der Waals surface area (Å²) in [6, 6.07) is -0.157. The number of primary amides is 1. The lowest BCUT2D eigenvalue weighted by Gasteiger charge is -2.16. The number of rotatable bonds is 3. The van der Waals surface area contributed by atoms with Crippen molar-refractivity contribution in [2.75, 3.05) is 0 Å². The summed E-state index contributed by atoms with van der Waals surface area (Å²) < 4.78 is 1.40. The van der Waals surface area contributed by atoms with E-state index in [9.17, 15) is 9.59 Å². The van der Waals surface area contributed by atoms with Crippen molar-refractivity contribution in [3.8, 4) is 0 Å². The summed E-state index contributed by atoms with van der Waals surface area (Å²) >= 11 is 0. The first-order valence-corrected chi connectivity index (χ1v) is 5.41. The molecule has 1 atom stereocenters. The molecule has 3 N–H and O–H groups in total. The molecule has 1 unspecified atom stereocenters. The molecule has 18 heavy (non-hydrogen) atoms. The number of nitrogens with zero attached hydrogens (tertiary/aromatic N) is 3. The molecule has 0 bridgehead atoms. The van der Waals surface area contributed by atoms with Gasteiger partial charge in [0.25, 0.3) is 5.91 Å². The van der Waals surface area contributed by atoms with Crippen LogP contribution in [-0.4, -0.2) is 32.9 Å². The second-order valence-electron chi connectivity index (χ2n) is 3.94. The minimum Gasteiger partial charge on any atom is -0.366 e. The van der Waals surface area contributed by atoms with Gasteiger partial charge < -0.3 is 11.1 Å². The lowest BCUT2D eigenvalue weighted by atomic mass is 10.0. The third-order valence-electron chi connectivity index (χ3n) is 2.65. The first kappa shape index (κ1) is 12.0. The molecule has 0 fully saturated rings. The number of amides is 2. The zero-order valence-corrected chi connectivity index (χ0v) is 9.83. The standard InChI is InChI=1S/C11H13N5O2/c1-16-9(6-13-15-16)11(18)14-8-4-2-7(3-5-8)10(12)17/h2-4,6,8H,5H2,1H3,(H2,12,17)(H,14,18). The number of aromatic nitrogens is 3. The highest BCUT2D eigenvalue weighted by atomic mass is 16.2. The smallest absolute Gasteiger partial charge is 0.271 e. The Balaban J connectivity index is 1.98. The van der Waals surface area contributed by atoms with Gasteiger partial charge in [0.1, 0.15) is 5.69 Å². The SMILES string of the molecule is Cn1nncc1C(=O)NC1C=CC(C(N)=O)=CC1. The van der Waals surface area contributed by atoms with Crippen molar-refractivity contribution in [3.63, 3.8) is 0 Å². The van der Waals surface area contributed by atoms with Gasteiger partial charge in [-0.15, -0.1) is 5.10 Å². The van der Waals surface area contributed by atoms with Crippen molar-refractivity contribution in [2.45, 2.75) is 12.5 Å². The van der Waals surface area contributed by atoms with Gasteiger partial charge >= 0.3 is 0 Å². The molecule has 7 nitrogen and oxygen atoms in total. The van der Waals surface area contributed by atoms with Crippen LogP contribution in [-0.2, 0) is 11.8 Å². The van der Waals surface area contributed by atoms with E-state index in [4.69, 9.17) is 5.73 Å². The molecule has 0 radical (unpaired) electrons. The van der Waals surface area contributed by atoms with Gasteiger partial charge in [0.05, 0.1) is 12.2 Å². The zero-order chi connectivity index (χ0) is 13.1. The predicted octanol–water partition coefficient (Wildman–Crippen LogP) is -0.715. The van der Waals surface area contributed by atoms with Crippen molar-refractivity contribution >= 4 is 11.8 Å². The maximum absolute atomic E-state index is 11.9. The topological polar surface area (TPSA) is 103 Å². The van der Waals surface area contributed by atoms with E-state index in [2.05, 4.69) is 15.6 Å². The maximum Gasteiger partial charge on any atom is 0.271 e. The van der Waals surface area contributed by atoms with Crippen LogP contribution >= 0.6 is 0 Å². The minimum absolute atomic E-state index is 0.157. The maximum atomic E-state index is 11.9. The van der Waals surface area contributed by atoms with Gasteiger partial charge in [0, 0.05) is 12.6 Å². The zero-order valence-electron chi connectivity index (χ0n) is 9.83. The van der Waals surface area contributed by atoms with E-state index in [0.29, 0.717) is 17.7 Å². The Morgan fingerprint density at radius 2 is 2.33 bits per heavy atom. The molecule has 0 aliphatic heterocycles. The van der Waals surface area contributed by atoms with Crippen LogP contribution in [0, 0.1) is 0 Å². The Bertz CT molecular complexity index is 543. The second kappa shape index (κ2) is 4.82. The molecule has 94 valence electrons. The molecule has 0 saturated carbocycles. The number of hydrogen-bond acceptors (Lipinski definition) is 4. The van der Waals surface area contributed by atoms with Crippen LogP contribution in [0.3, 0.4) is 0 Å². The van der Waals surface area contributed by atoms with E-state index in [1.165, 1.54) is 10.9 Å². The molecule has 1 aromatic heterocycles. The largest absolute Gasteiger partial charge is 0.366 e. The van der Waals surface area contributed by atoms with Crippen LogP contribution in [0.2, 0.25) is 0 Å². The van der Waals surface area contributed by atoms with Crippen LogP contribution < -0.4 is 11.1 Å². The molecule has 2 rings (SSSR count). The number of hydrogen-bond donors (Lipinski definition) is 2. The Morgan fingerprint density at radius 3 is 2.83 bits per heavy atom. The fourth-order valence-corrected chi connectivity index (χ4v) is 1.65. The Morgan fingerprint density at radius 1 is 1.56 bits per heavy atom. The fourth-order valence-electron chi connectivity index (χ4n) is 1.65. The highest BCUT2D eigenvalue weighted by molar-refractivity contribution is 5.95. The molecule has 1 aromatic rings. The monoisotopic (exact) mass is 247 g/mol. The quantitative estimate of drug-likeness (QED) is 0.736. The van der Waals surface area contributed by atoms with E-state index in [1.807, 2.05) is 0 Å². The lowest BCUT2D eigenvalue weighted by Crippen LogP contribution is -2.35. The predicted molar refractivity (Wildman–Crippen MR) is 63.3 cm³/mol. The van der Waals surface area contributed by atoms with Gasteiger partial charge in [-0.2, -0.15) is 0 Å². The van der Waals surface area contributed by atoms with E-state index in [-0.39, 0.29) is 11.9 Å². The summed E-state index contributed by atoms with van der Waals surface area (Å²) in [5.74, 6) is -0.722. The van der Waals surface area contributed by atoms with Crippen LogP contribution in [0.25, 0.3) is 0 Å². The van der Waals surface area contributed by atoms with Crippen LogP contribution in [0.5, 0.6) is 0 Å². The average molecular weight is 247 g/mol. The molecular formula is C11H13N5O2. The van der Waals surface area contributed by atoms with E-state index < -0.39 is 5.91 Å². The minimum atomic E-state index is -0.466. The van der Waals surface area contributed by atoms with Crippen molar-refractivity contribution < 1.29 is 9.59 Å². The summed E-state index contributed by atoms with van der Waals surface area (Å²) in [7, 11) is 1.64. The van der Waals surface area contributed by atoms with E-state index in [1.54, 1.807) is 25.3 Å². The van der Waals surface area contributed by atoms with Crippen LogP contribution in [0.15, 0.2) is 30.0 Å². The van der Waals surface area contributed by atoms with Gasteiger partial charge in [-0.1, -0.05) is 23.4 Å². The molecule has 0 saturated heterocycles. The molecule has 1 heterocycles. The Kier molecular flexibility index (Phi) is 3.22. The van der Waals surface area contributed by atoms with E-state index in [0.717, 1.165) is 0 Å². The molecule has 0 aromatic carbocycles. The van der Waals surface area contributed by atoms with Crippen LogP contribution in [0.1, 0.15) is 16.9 Å². The molecular weight excluding hydrogens is 234 g/mol. The van der Waals surface area contributed by atoms with Crippen molar-refractivity contribution in [3.05, 3.63) is 35.7 Å². The second-order valence-corrected chi connectivity index (χ2v) is 3.94. The molecule has 1 aliphatic carbocycles. The Labute approximate surface area is 103 Å². The van der Waals surface area contributed by atoms with Crippen molar-refractivity contribution in [1.82, 2.24) is 20.3 Å². The van der Waals surface area contributed by atoms with Crippen LogP contribution in [0.4, 0.5) is 0 Å². The lowest BCUT2D eigenvalue weighted by molar-refractivity contribution is -0.114. The third kappa shape index (κ3) is 2.45. The molecule has 0 spiro atoms. The highest BCUT2D eigenvalue weighted by Crippen LogP contribution is 2.10. The van der Waals surface area contributed by atoms with Gasteiger partial charge in [-0.05, 0) is 6.42 Å². The van der Waals surface area contributed by atoms with Gasteiger partial charge in [-0.25, -0.2) is 4.68 Å². The first-order valence-electron chi connectivity index (χ1n) is 5.41. The summed E-state index contributed by atoms with van der Waals surface area (Å²) in [4.78, 5) is 22.8. The third-order valence-corrected chi connectivity index (χ3v) is 2.65. The normalized spacial score (nSPS) is 18.3. The van der Waals surface area contributed by atoms with Gasteiger partial charge in [0.15, 0.2) is 0 Å². The average Bonchev–Trinajstić information content (AvgIpc) is 2.76. The van der Waals surface area contributed by atoms with Crippen molar-refractivity contribution in [2.24, 2.45) is 12.8 Å². The number of nitrogens with one attached hydrogen (secondary N) is 1. The molecule has 7 heteroatoms. The summed E-state index contributed by atoms with van der Waals surface area (Å²) in [6.07, 6.45) is 6.98. The number of carbonyl (C=O) groups is 2. The summed E-state index contributed by atoms with van der Waals surface area (Å²) in [5, 5.41) is 10.1. The van der Waals surface area contributed by atoms with Crippen molar-refractivity contribution in [1.29, 1.82) is 0 Å². The number of carbonyl (C=O) groups excluding carboxylic acids is 2. The number of nitrogens with two attached hydrogens (primary N) is 1. The Hall–Kier alpha value is -2.44. The van der Waals surface area contributed by atoms with Gasteiger partial charge in [0.2, 0.25) is 5.91 Å². The fraction of sp³-hybridized carbons (Fsp3) is 0.273. The number of aryl methyl sites for hydroxylation is 1. The molecule has 2 amide bonds. The van der Waals surface area contributed by atoms with E-state index >= 15 is 0 Å². The summed E-state index contributed by atoms with van der Waals surface area (Å²) in [6.45, 7) is 0. The molecule has 1 aliphatic rings.